The largest absolute Gasteiger partial charge is 0.413 e. The molecule has 6 nitrogen and oxygen atoms in total. The quantitative estimate of drug-likeness (QED) is 0.212. The van der Waals surface area contributed by atoms with E-state index in [1.165, 1.54) is 0 Å². The number of Topliss-reactive ketones (excluding diaryl/α,β-unsaturated/α-hetero) is 1. The van der Waals surface area contributed by atoms with Crippen molar-refractivity contribution in [2.24, 2.45) is 0 Å². The molecule has 0 aromatic rings. The van der Waals surface area contributed by atoms with Crippen LogP contribution in [0.15, 0.2) is 12.2 Å². The molecular formula is C27H54O6Si3. The van der Waals surface area contributed by atoms with Crippen molar-refractivity contribution < 1.29 is 27.5 Å². The third kappa shape index (κ3) is 6.03. The lowest BCUT2D eigenvalue weighted by atomic mass is 9.82. The van der Waals surface area contributed by atoms with Crippen LogP contribution in [-0.2, 0) is 27.5 Å². The molecular weight excluding hydrogens is 505 g/mol. The maximum Gasteiger partial charge on any atom is 0.252 e. The van der Waals surface area contributed by atoms with Crippen LogP contribution in [0.4, 0.5) is 0 Å². The first kappa shape index (κ1) is 32.1. The minimum absolute atomic E-state index is 0.00956. The summed E-state index contributed by atoms with van der Waals surface area (Å²) in [7, 11) is -6.77. The molecule has 9 heteroatoms. The van der Waals surface area contributed by atoms with Gasteiger partial charge in [0.05, 0.1) is 19.8 Å². The van der Waals surface area contributed by atoms with Gasteiger partial charge in [-0.3, -0.25) is 4.79 Å². The molecule has 1 fully saturated rings. The zero-order valence-electron chi connectivity index (χ0n) is 25.4. The first-order valence-electron chi connectivity index (χ1n) is 13.8. The van der Waals surface area contributed by atoms with Crippen molar-refractivity contribution in [1.82, 2.24) is 0 Å². The van der Waals surface area contributed by atoms with Crippen LogP contribution in [0.2, 0.25) is 54.4 Å². The second kappa shape index (κ2) is 10.8. The van der Waals surface area contributed by atoms with Crippen LogP contribution in [0.25, 0.3) is 0 Å². The Morgan fingerprint density at radius 2 is 1.36 bits per heavy atom. The van der Waals surface area contributed by atoms with Gasteiger partial charge in [-0.15, -0.1) is 0 Å². The molecule has 0 bridgehead atoms. The fourth-order valence-corrected chi connectivity index (χ4v) is 9.53. The van der Waals surface area contributed by atoms with E-state index in [2.05, 4.69) is 88.5 Å². The molecule has 2 atom stereocenters. The Kier molecular flexibility index (Phi) is 9.61. The van der Waals surface area contributed by atoms with Gasteiger partial charge in [0, 0.05) is 0 Å². The third-order valence-electron chi connectivity index (χ3n) is 9.38. The van der Waals surface area contributed by atoms with Crippen molar-refractivity contribution in [3.8, 4) is 0 Å². The van der Waals surface area contributed by atoms with Crippen LogP contribution in [0, 0.1) is 0 Å². The van der Waals surface area contributed by atoms with Crippen molar-refractivity contribution in [3.05, 3.63) is 12.2 Å². The van der Waals surface area contributed by atoms with Gasteiger partial charge in [-0.2, -0.15) is 0 Å². The number of ketones is 1. The summed E-state index contributed by atoms with van der Waals surface area (Å²) in [4.78, 5) is 14.7. The number of carbonyl (C=O) groups excluding carboxylic acids is 1. The molecule has 1 saturated heterocycles. The SMILES string of the molecule is CC[Si](CC)(CC)O[C@@]1(CO[Si](C)(C)C(C)(C)C)C(=O)C2(C=C[C@H]1O[Si](C)(C)C(C)(C)C)OCCO2. The summed E-state index contributed by atoms with van der Waals surface area (Å²) in [5, 5.41) is -0.0371. The van der Waals surface area contributed by atoms with Gasteiger partial charge in [0.15, 0.2) is 30.6 Å². The Hall–Kier alpha value is -0.139. The lowest BCUT2D eigenvalue weighted by Crippen LogP contribution is -2.70. The number of rotatable bonds is 10. The molecule has 1 aliphatic heterocycles. The maximum absolute atomic E-state index is 14.7. The van der Waals surface area contributed by atoms with Crippen LogP contribution < -0.4 is 0 Å². The van der Waals surface area contributed by atoms with Gasteiger partial charge in [-0.1, -0.05) is 68.4 Å². The second-order valence-electron chi connectivity index (χ2n) is 13.6. The molecule has 36 heavy (non-hydrogen) atoms. The van der Waals surface area contributed by atoms with Gasteiger partial charge < -0.3 is 22.8 Å². The Morgan fingerprint density at radius 3 is 1.78 bits per heavy atom. The van der Waals surface area contributed by atoms with Gasteiger partial charge in [-0.25, -0.2) is 0 Å². The van der Waals surface area contributed by atoms with E-state index in [1.807, 2.05) is 6.08 Å². The van der Waals surface area contributed by atoms with Crippen molar-refractivity contribution in [2.75, 3.05) is 19.8 Å². The van der Waals surface area contributed by atoms with Crippen LogP contribution >= 0.6 is 0 Å². The Bertz CT molecular complexity index is 793. The molecule has 2 rings (SSSR count). The average Bonchev–Trinajstić information content (AvgIpc) is 3.24. The standard InChI is InChI=1S/C27H54O6Si3/c1-14-36(15-2,16-3)33-26(21-31-34(10,11)24(4,5)6)22(32-35(12,13)25(7,8)9)17-18-27(23(26)28)29-19-20-30-27/h17-18,22H,14-16,19-21H2,1-13H3/t22-,26-/m1/s1. The van der Waals surface area contributed by atoms with Gasteiger partial charge >= 0.3 is 0 Å². The second-order valence-corrected chi connectivity index (χ2v) is 27.9. The van der Waals surface area contributed by atoms with E-state index in [0.717, 1.165) is 18.1 Å². The highest BCUT2D eigenvalue weighted by molar-refractivity contribution is 6.75. The van der Waals surface area contributed by atoms with E-state index in [1.54, 1.807) is 6.08 Å². The van der Waals surface area contributed by atoms with E-state index in [-0.39, 0.29) is 22.5 Å². The molecule has 2 aliphatic rings. The van der Waals surface area contributed by atoms with Crippen LogP contribution in [0.1, 0.15) is 62.3 Å². The first-order chi connectivity index (χ1) is 16.3. The van der Waals surface area contributed by atoms with Crippen LogP contribution in [0.5, 0.6) is 0 Å². The number of hydrogen-bond acceptors (Lipinski definition) is 6. The molecule has 0 saturated carbocycles. The van der Waals surface area contributed by atoms with Gasteiger partial charge in [0.25, 0.3) is 5.79 Å². The summed E-state index contributed by atoms with van der Waals surface area (Å²) in [5.74, 6) is -1.64. The number of ether oxygens (including phenoxy) is 2. The maximum atomic E-state index is 14.7. The van der Waals surface area contributed by atoms with E-state index in [9.17, 15) is 4.79 Å². The van der Waals surface area contributed by atoms with Crippen molar-refractivity contribution in [3.63, 3.8) is 0 Å². The number of hydrogen-bond donors (Lipinski definition) is 0. The predicted octanol–water partition coefficient (Wildman–Crippen LogP) is 7.04. The fraction of sp³-hybridized carbons (Fsp3) is 0.889. The monoisotopic (exact) mass is 558 g/mol. The van der Waals surface area contributed by atoms with Crippen molar-refractivity contribution in [1.29, 1.82) is 0 Å². The average molecular weight is 559 g/mol. The summed E-state index contributed by atoms with van der Waals surface area (Å²) >= 11 is 0. The molecule has 0 radical (unpaired) electrons. The zero-order valence-corrected chi connectivity index (χ0v) is 28.4. The van der Waals surface area contributed by atoms with Crippen LogP contribution in [0.3, 0.4) is 0 Å². The first-order valence-corrected chi connectivity index (χ1v) is 22.2. The molecule has 0 unspecified atom stereocenters. The van der Waals surface area contributed by atoms with E-state index < -0.39 is 42.4 Å². The molecule has 1 heterocycles. The van der Waals surface area contributed by atoms with E-state index >= 15 is 0 Å². The molecule has 0 N–H and O–H groups in total. The van der Waals surface area contributed by atoms with Gasteiger partial charge in [0.1, 0.15) is 6.10 Å². The Morgan fingerprint density at radius 1 is 0.889 bits per heavy atom. The smallest absolute Gasteiger partial charge is 0.252 e. The Labute approximate surface area is 224 Å². The molecule has 1 spiro atoms. The third-order valence-corrected chi connectivity index (χ3v) is 23.0. The summed E-state index contributed by atoms with van der Waals surface area (Å²) in [6.07, 6.45) is 3.18. The molecule has 0 amide bonds. The highest BCUT2D eigenvalue weighted by Crippen LogP contribution is 2.46. The minimum atomic E-state index is -2.29. The van der Waals surface area contributed by atoms with Crippen LogP contribution in [-0.4, -0.2) is 68.0 Å². The highest BCUT2D eigenvalue weighted by Gasteiger charge is 2.64. The molecule has 0 aromatic carbocycles. The molecule has 1 aliphatic carbocycles. The van der Waals surface area contributed by atoms with Crippen molar-refractivity contribution >= 4 is 30.7 Å². The summed E-state index contributed by atoms with van der Waals surface area (Å²) < 4.78 is 33.1. The van der Waals surface area contributed by atoms with Crippen molar-refractivity contribution in [2.45, 2.75) is 134 Å². The van der Waals surface area contributed by atoms with Gasteiger partial charge in [-0.05, 0) is 60.5 Å². The molecule has 210 valence electrons. The van der Waals surface area contributed by atoms with Gasteiger partial charge in [0.2, 0.25) is 5.78 Å². The Balaban J connectivity index is 2.73. The lowest BCUT2D eigenvalue weighted by Gasteiger charge is -2.52. The summed E-state index contributed by atoms with van der Waals surface area (Å²) in [6.45, 7) is 29.6. The fourth-order valence-electron chi connectivity index (χ4n) is 4.29. The van der Waals surface area contributed by atoms with E-state index in [0.29, 0.717) is 13.2 Å². The zero-order chi connectivity index (χ0) is 27.8. The highest BCUT2D eigenvalue weighted by atomic mass is 28.4. The summed E-state index contributed by atoms with van der Waals surface area (Å²) in [5.41, 5.74) is -1.32. The topological polar surface area (TPSA) is 63.2 Å². The number of carbonyl (C=O) groups is 1. The minimum Gasteiger partial charge on any atom is -0.413 e. The lowest BCUT2D eigenvalue weighted by molar-refractivity contribution is -0.195. The normalized spacial score (nSPS) is 25.7. The molecule has 0 aromatic heterocycles. The predicted molar refractivity (Wildman–Crippen MR) is 155 cm³/mol. The van der Waals surface area contributed by atoms with E-state index in [4.69, 9.17) is 22.8 Å². The summed E-state index contributed by atoms with van der Waals surface area (Å²) in [6, 6.07) is 2.75.